The van der Waals surface area contributed by atoms with E-state index >= 15 is 0 Å². The number of benzene rings is 1. The number of hydrogen-bond acceptors (Lipinski definition) is 5. The van der Waals surface area contributed by atoms with Gasteiger partial charge in [0.2, 0.25) is 5.91 Å². The number of rotatable bonds is 6. The maximum absolute atomic E-state index is 12.1. The molecule has 0 spiro atoms. The number of carbonyl (C=O) groups is 2. The van der Waals surface area contributed by atoms with Crippen LogP contribution < -0.4 is 15.5 Å². The van der Waals surface area contributed by atoms with Gasteiger partial charge in [-0.3, -0.25) is 14.6 Å². The van der Waals surface area contributed by atoms with Gasteiger partial charge in [0.15, 0.2) is 0 Å². The summed E-state index contributed by atoms with van der Waals surface area (Å²) >= 11 is 0. The van der Waals surface area contributed by atoms with Gasteiger partial charge in [-0.2, -0.15) is 5.10 Å². The molecule has 1 heterocycles. The molecule has 0 unspecified atom stereocenters. The summed E-state index contributed by atoms with van der Waals surface area (Å²) in [6.45, 7) is 1.66. The number of ether oxygens (including phenoxy) is 1. The van der Waals surface area contributed by atoms with Crippen LogP contribution in [0.4, 0.5) is 5.69 Å². The molecule has 0 saturated heterocycles. The van der Waals surface area contributed by atoms with Crippen molar-refractivity contribution >= 4 is 23.2 Å². The molecule has 0 saturated carbocycles. The van der Waals surface area contributed by atoms with E-state index in [0.717, 1.165) is 0 Å². The number of aromatic nitrogens is 1. The first-order valence-electron chi connectivity index (χ1n) is 7.26. The first kappa shape index (κ1) is 17.1. The number of nitrogens with zero attached hydrogens (tertiary/aromatic N) is 2. The quantitative estimate of drug-likeness (QED) is 0.629. The lowest BCUT2D eigenvalue weighted by molar-refractivity contribution is -0.115. The minimum absolute atomic E-state index is 0.0566. The predicted molar refractivity (Wildman–Crippen MR) is 91.1 cm³/mol. The van der Waals surface area contributed by atoms with Crippen LogP contribution in [-0.4, -0.2) is 29.6 Å². The Morgan fingerprint density at radius 2 is 2.00 bits per heavy atom. The van der Waals surface area contributed by atoms with Crippen molar-refractivity contribution in [3.05, 3.63) is 54.4 Å². The van der Waals surface area contributed by atoms with E-state index in [0.29, 0.717) is 22.7 Å². The summed E-state index contributed by atoms with van der Waals surface area (Å²) in [4.78, 5) is 27.9. The minimum Gasteiger partial charge on any atom is -0.496 e. The van der Waals surface area contributed by atoms with Crippen LogP contribution in [0.3, 0.4) is 0 Å². The van der Waals surface area contributed by atoms with Gasteiger partial charge in [0.05, 0.1) is 31.0 Å². The molecule has 2 N–H and O–H groups in total. The van der Waals surface area contributed by atoms with E-state index in [1.54, 1.807) is 55.7 Å². The summed E-state index contributed by atoms with van der Waals surface area (Å²) in [5, 5.41) is 6.64. The second kappa shape index (κ2) is 8.42. The van der Waals surface area contributed by atoms with E-state index in [-0.39, 0.29) is 12.3 Å². The summed E-state index contributed by atoms with van der Waals surface area (Å²) in [5.74, 6) is -0.188. The number of amides is 2. The Balaban J connectivity index is 1.91. The van der Waals surface area contributed by atoms with Crippen molar-refractivity contribution in [1.82, 2.24) is 10.4 Å². The van der Waals surface area contributed by atoms with Crippen LogP contribution in [0, 0.1) is 0 Å². The van der Waals surface area contributed by atoms with Crippen LogP contribution in [0.15, 0.2) is 53.9 Å². The van der Waals surface area contributed by atoms with Crippen LogP contribution in [-0.2, 0) is 4.79 Å². The zero-order valence-electron chi connectivity index (χ0n) is 13.4. The van der Waals surface area contributed by atoms with Gasteiger partial charge >= 0.3 is 0 Å². The molecule has 0 radical (unpaired) electrons. The molecule has 7 nitrogen and oxygen atoms in total. The molecule has 0 aliphatic heterocycles. The van der Waals surface area contributed by atoms with Crippen molar-refractivity contribution in [1.29, 1.82) is 0 Å². The van der Waals surface area contributed by atoms with Crippen LogP contribution >= 0.6 is 0 Å². The van der Waals surface area contributed by atoms with E-state index in [4.69, 9.17) is 4.74 Å². The molecule has 124 valence electrons. The molecule has 2 amide bonds. The first-order chi connectivity index (χ1) is 11.6. The number of hydrazone groups is 1. The third kappa shape index (κ3) is 4.91. The first-order valence-corrected chi connectivity index (χ1v) is 7.26. The molecular weight excluding hydrogens is 308 g/mol. The highest BCUT2D eigenvalue weighted by atomic mass is 16.5. The van der Waals surface area contributed by atoms with E-state index < -0.39 is 5.91 Å². The average Bonchev–Trinajstić information content (AvgIpc) is 2.60. The van der Waals surface area contributed by atoms with Crippen LogP contribution in [0.5, 0.6) is 5.75 Å². The van der Waals surface area contributed by atoms with Crippen molar-refractivity contribution in [3.63, 3.8) is 0 Å². The maximum atomic E-state index is 12.1. The van der Waals surface area contributed by atoms with Crippen molar-refractivity contribution in [2.45, 2.75) is 13.3 Å². The monoisotopic (exact) mass is 326 g/mol. The van der Waals surface area contributed by atoms with Crippen molar-refractivity contribution in [2.75, 3.05) is 12.4 Å². The fraction of sp³-hybridized carbons (Fsp3) is 0.176. The number of methoxy groups -OCH3 is 1. The van der Waals surface area contributed by atoms with Crippen LogP contribution in [0.25, 0.3) is 0 Å². The number of hydrogen-bond donors (Lipinski definition) is 2. The van der Waals surface area contributed by atoms with Gasteiger partial charge in [-0.15, -0.1) is 0 Å². The molecule has 0 atom stereocenters. The van der Waals surface area contributed by atoms with E-state index in [2.05, 4.69) is 20.8 Å². The number of para-hydroxylation sites is 1. The Bertz CT molecular complexity index is 745. The lowest BCUT2D eigenvalue weighted by atomic mass is 10.2. The summed E-state index contributed by atoms with van der Waals surface area (Å²) in [7, 11) is 1.49. The zero-order valence-corrected chi connectivity index (χ0v) is 13.4. The van der Waals surface area contributed by atoms with Crippen molar-refractivity contribution < 1.29 is 14.3 Å². The van der Waals surface area contributed by atoms with Crippen molar-refractivity contribution in [2.24, 2.45) is 5.10 Å². The molecule has 24 heavy (non-hydrogen) atoms. The maximum Gasteiger partial charge on any atom is 0.275 e. The van der Waals surface area contributed by atoms with Gasteiger partial charge in [0.25, 0.3) is 5.91 Å². The fourth-order valence-corrected chi connectivity index (χ4v) is 1.95. The molecule has 0 bridgehead atoms. The smallest absolute Gasteiger partial charge is 0.275 e. The molecule has 0 fully saturated rings. The van der Waals surface area contributed by atoms with Gasteiger partial charge in [-0.1, -0.05) is 12.1 Å². The Hall–Kier alpha value is -3.22. The standard InChI is InChI=1S/C17H18N4O3/c1-12(10-16(22)19-13-6-5-9-18-11-13)20-21-17(23)14-7-3-4-8-15(14)24-2/h3-9,11H,10H2,1-2H3,(H,19,22)(H,21,23)/b20-12+. The minimum atomic E-state index is -0.403. The third-order valence-electron chi connectivity index (χ3n) is 3.06. The Kier molecular flexibility index (Phi) is 6.01. The Morgan fingerprint density at radius 3 is 2.71 bits per heavy atom. The summed E-state index contributed by atoms with van der Waals surface area (Å²) < 4.78 is 5.12. The molecule has 1 aromatic carbocycles. The number of anilines is 1. The van der Waals surface area contributed by atoms with E-state index in [1.165, 1.54) is 7.11 Å². The van der Waals surface area contributed by atoms with E-state index in [1.807, 2.05) is 0 Å². The highest BCUT2D eigenvalue weighted by molar-refractivity contribution is 6.06. The average molecular weight is 326 g/mol. The van der Waals surface area contributed by atoms with Gasteiger partial charge in [-0.25, -0.2) is 5.43 Å². The third-order valence-corrected chi connectivity index (χ3v) is 3.06. The van der Waals surface area contributed by atoms with Crippen LogP contribution in [0.2, 0.25) is 0 Å². The summed E-state index contributed by atoms with van der Waals surface area (Å²) in [6.07, 6.45) is 3.23. The second-order valence-electron chi connectivity index (χ2n) is 4.95. The molecule has 7 heteroatoms. The predicted octanol–water partition coefficient (Wildman–Crippen LogP) is 2.22. The van der Waals surface area contributed by atoms with Gasteiger partial charge in [0.1, 0.15) is 5.75 Å². The number of nitrogens with one attached hydrogen (secondary N) is 2. The Labute approximate surface area is 139 Å². The largest absolute Gasteiger partial charge is 0.496 e. The molecule has 0 aliphatic carbocycles. The summed E-state index contributed by atoms with van der Waals surface area (Å²) in [6, 6.07) is 10.3. The fourth-order valence-electron chi connectivity index (χ4n) is 1.95. The molecule has 2 rings (SSSR count). The molecular formula is C17H18N4O3. The highest BCUT2D eigenvalue weighted by Gasteiger charge is 2.11. The van der Waals surface area contributed by atoms with Crippen molar-refractivity contribution in [3.8, 4) is 5.75 Å². The van der Waals surface area contributed by atoms with Gasteiger partial charge in [0, 0.05) is 11.9 Å². The topological polar surface area (TPSA) is 92.7 Å². The second-order valence-corrected chi connectivity index (χ2v) is 4.95. The SMILES string of the molecule is COc1ccccc1C(=O)N/N=C(\C)CC(=O)Nc1cccnc1. The highest BCUT2D eigenvalue weighted by Crippen LogP contribution is 2.16. The summed E-state index contributed by atoms with van der Waals surface area (Å²) in [5.41, 5.74) is 3.87. The lowest BCUT2D eigenvalue weighted by Crippen LogP contribution is -2.22. The molecule has 1 aromatic heterocycles. The molecule has 2 aromatic rings. The van der Waals surface area contributed by atoms with Gasteiger partial charge < -0.3 is 10.1 Å². The number of carbonyl (C=O) groups excluding carboxylic acids is 2. The molecule has 0 aliphatic rings. The van der Waals surface area contributed by atoms with E-state index in [9.17, 15) is 9.59 Å². The van der Waals surface area contributed by atoms with Gasteiger partial charge in [-0.05, 0) is 31.2 Å². The van der Waals surface area contributed by atoms with Crippen LogP contribution in [0.1, 0.15) is 23.7 Å². The zero-order chi connectivity index (χ0) is 17.4. The lowest BCUT2D eigenvalue weighted by Gasteiger charge is -2.07. The normalized spacial score (nSPS) is 10.8. The Morgan fingerprint density at radius 1 is 1.21 bits per heavy atom. The number of pyridine rings is 1.